The van der Waals surface area contributed by atoms with E-state index in [1.165, 1.54) is 29.1 Å². The molecule has 1 N–H and O–H groups in total. The second kappa shape index (κ2) is 5.14. The zero-order valence-corrected chi connectivity index (χ0v) is 10.6. The Balaban J connectivity index is 2.54. The van der Waals surface area contributed by atoms with Gasteiger partial charge >= 0.3 is 5.97 Å². The molecule has 0 saturated carbocycles. The molecule has 0 aliphatic carbocycles. The van der Waals surface area contributed by atoms with Gasteiger partial charge in [-0.25, -0.2) is 13.9 Å². The van der Waals surface area contributed by atoms with E-state index in [1.807, 2.05) is 0 Å². The van der Waals surface area contributed by atoms with Crippen LogP contribution in [0.4, 0.5) is 4.39 Å². The lowest BCUT2D eigenvalue weighted by Gasteiger charge is -2.07. The van der Waals surface area contributed by atoms with Gasteiger partial charge in [0.2, 0.25) is 0 Å². The highest BCUT2D eigenvalue weighted by atomic mass is 79.9. The van der Waals surface area contributed by atoms with Crippen LogP contribution in [-0.4, -0.2) is 20.9 Å². The molecule has 0 spiro atoms. The van der Waals surface area contributed by atoms with Crippen molar-refractivity contribution in [2.45, 2.75) is 0 Å². The molecule has 0 aliphatic heterocycles. The monoisotopic (exact) mass is 310 g/mol. The summed E-state index contributed by atoms with van der Waals surface area (Å²) in [7, 11) is 0. The highest BCUT2D eigenvalue weighted by Crippen LogP contribution is 2.21. The van der Waals surface area contributed by atoms with Crippen molar-refractivity contribution in [3.8, 4) is 5.69 Å². The van der Waals surface area contributed by atoms with Gasteiger partial charge in [-0.15, -0.1) is 0 Å². The minimum Gasteiger partial charge on any atom is -0.478 e. The lowest BCUT2D eigenvalue weighted by Crippen LogP contribution is -2.01. The summed E-state index contributed by atoms with van der Waals surface area (Å²) < 4.78 is 15.9. The molecule has 0 bridgehead atoms. The van der Waals surface area contributed by atoms with Crippen molar-refractivity contribution in [3.05, 3.63) is 52.5 Å². The van der Waals surface area contributed by atoms with E-state index in [4.69, 9.17) is 5.11 Å². The Morgan fingerprint density at radius 1 is 1.50 bits per heavy atom. The zero-order chi connectivity index (χ0) is 13.1. The van der Waals surface area contributed by atoms with Crippen LogP contribution in [0, 0.1) is 5.82 Å². The fraction of sp³-hybridized carbons (Fsp3) is 0. The molecule has 6 heteroatoms. The topological polar surface area (TPSA) is 55.1 Å². The van der Waals surface area contributed by atoms with Crippen molar-refractivity contribution in [3.63, 3.8) is 0 Å². The average molecular weight is 311 g/mol. The van der Waals surface area contributed by atoms with E-state index in [1.54, 1.807) is 12.3 Å². The van der Waals surface area contributed by atoms with Crippen LogP contribution < -0.4 is 0 Å². The number of nitrogens with zero attached hydrogens (tertiary/aromatic N) is 2. The fourth-order valence-corrected chi connectivity index (χ4v) is 1.78. The van der Waals surface area contributed by atoms with Crippen molar-refractivity contribution in [2.75, 3.05) is 0 Å². The summed E-state index contributed by atoms with van der Waals surface area (Å²) in [5.74, 6) is -1.56. The van der Waals surface area contributed by atoms with Gasteiger partial charge < -0.3 is 5.11 Å². The number of aromatic nitrogens is 2. The molecule has 18 heavy (non-hydrogen) atoms. The molecule has 4 nitrogen and oxygen atoms in total. The lowest BCUT2D eigenvalue weighted by atomic mass is 10.1. The number of rotatable bonds is 3. The van der Waals surface area contributed by atoms with E-state index >= 15 is 0 Å². The summed E-state index contributed by atoms with van der Waals surface area (Å²) in [4.78, 5) is 10.5. The third kappa shape index (κ3) is 2.65. The van der Waals surface area contributed by atoms with Gasteiger partial charge in [0.15, 0.2) is 0 Å². The third-order valence-electron chi connectivity index (χ3n) is 2.20. The first kappa shape index (κ1) is 12.5. The number of carbonyl (C=O) groups is 1. The van der Waals surface area contributed by atoms with Gasteiger partial charge in [0.25, 0.3) is 0 Å². The summed E-state index contributed by atoms with van der Waals surface area (Å²) in [5.41, 5.74) is 0.647. The molecule has 0 fully saturated rings. The number of carboxylic acid groups (broad SMARTS) is 1. The number of hydrogen-bond acceptors (Lipinski definition) is 2. The molecular formula is C12H8BrFN2O2. The van der Waals surface area contributed by atoms with Gasteiger partial charge in [0, 0.05) is 17.8 Å². The van der Waals surface area contributed by atoms with Crippen LogP contribution in [0.15, 0.2) is 41.1 Å². The maximum Gasteiger partial charge on any atom is 0.328 e. The highest BCUT2D eigenvalue weighted by molar-refractivity contribution is 9.10. The summed E-state index contributed by atoms with van der Waals surface area (Å²) in [6.07, 6.45) is 5.40. The van der Waals surface area contributed by atoms with Crippen molar-refractivity contribution >= 4 is 28.0 Å². The maximum atomic E-state index is 13.8. The quantitative estimate of drug-likeness (QED) is 0.887. The van der Waals surface area contributed by atoms with Crippen molar-refractivity contribution in [1.82, 2.24) is 9.78 Å². The minimum atomic E-state index is -1.09. The summed E-state index contributed by atoms with van der Waals surface area (Å²) in [5, 5.41) is 12.6. The molecule has 1 aromatic heterocycles. The smallest absolute Gasteiger partial charge is 0.328 e. The predicted molar refractivity (Wildman–Crippen MR) is 67.9 cm³/mol. The first-order valence-electron chi connectivity index (χ1n) is 4.98. The predicted octanol–water partition coefficient (Wildman–Crippen LogP) is 2.87. The van der Waals surface area contributed by atoms with Crippen LogP contribution in [0.3, 0.4) is 0 Å². The van der Waals surface area contributed by atoms with Crippen LogP contribution in [0.25, 0.3) is 11.8 Å². The van der Waals surface area contributed by atoms with Gasteiger partial charge in [-0.3, -0.25) is 0 Å². The van der Waals surface area contributed by atoms with Crippen LogP contribution in [-0.2, 0) is 4.79 Å². The fourth-order valence-electron chi connectivity index (χ4n) is 1.49. The number of aliphatic carboxylic acids is 1. The van der Waals surface area contributed by atoms with Gasteiger partial charge in [0.1, 0.15) is 11.5 Å². The summed E-state index contributed by atoms with van der Waals surface area (Å²) in [6.45, 7) is 0. The van der Waals surface area contributed by atoms with E-state index in [0.717, 1.165) is 6.08 Å². The second-order valence-corrected chi connectivity index (χ2v) is 4.37. The molecule has 2 aromatic rings. The molecule has 0 amide bonds. The van der Waals surface area contributed by atoms with E-state index in [9.17, 15) is 9.18 Å². The number of halogens is 2. The molecule has 92 valence electrons. The van der Waals surface area contributed by atoms with Crippen LogP contribution in [0.5, 0.6) is 0 Å². The number of carboxylic acids is 1. The molecule has 0 radical (unpaired) electrons. The van der Waals surface area contributed by atoms with Gasteiger partial charge in [-0.2, -0.15) is 5.10 Å². The van der Waals surface area contributed by atoms with Crippen molar-refractivity contribution in [1.29, 1.82) is 0 Å². The highest BCUT2D eigenvalue weighted by Gasteiger charge is 2.10. The third-order valence-corrected chi connectivity index (χ3v) is 2.61. The molecule has 0 aliphatic rings. The zero-order valence-electron chi connectivity index (χ0n) is 9.05. The van der Waals surface area contributed by atoms with E-state index in [0.29, 0.717) is 10.0 Å². The summed E-state index contributed by atoms with van der Waals surface area (Å²) in [6, 6.07) is 4.43. The van der Waals surface area contributed by atoms with E-state index < -0.39 is 11.8 Å². The van der Waals surface area contributed by atoms with Gasteiger partial charge in [0.05, 0.1) is 10.7 Å². The number of hydrogen-bond donors (Lipinski definition) is 1. The van der Waals surface area contributed by atoms with Gasteiger partial charge in [-0.1, -0.05) is 12.1 Å². The Morgan fingerprint density at radius 3 is 2.89 bits per heavy atom. The van der Waals surface area contributed by atoms with E-state index in [2.05, 4.69) is 21.0 Å². The Labute approximate surface area is 110 Å². The standard InChI is InChI=1S/C12H8BrFN2O2/c13-9-6-15-16(7-9)12-8(4-5-11(17)18)2-1-3-10(12)14/h1-7H,(H,17,18)/b5-4+. The molecule has 1 aromatic carbocycles. The lowest BCUT2D eigenvalue weighted by molar-refractivity contribution is -0.131. The van der Waals surface area contributed by atoms with Crippen LogP contribution in [0.1, 0.15) is 5.56 Å². The van der Waals surface area contributed by atoms with Crippen LogP contribution in [0.2, 0.25) is 0 Å². The maximum absolute atomic E-state index is 13.8. The minimum absolute atomic E-state index is 0.209. The molecule has 0 atom stereocenters. The molecule has 0 saturated heterocycles. The average Bonchev–Trinajstić information content (AvgIpc) is 2.72. The number of para-hydroxylation sites is 1. The molecule has 2 rings (SSSR count). The first-order chi connectivity index (χ1) is 8.58. The largest absolute Gasteiger partial charge is 0.478 e. The SMILES string of the molecule is O=C(O)/C=C/c1cccc(F)c1-n1cc(Br)cn1. The van der Waals surface area contributed by atoms with Crippen molar-refractivity contribution in [2.24, 2.45) is 0 Å². The Kier molecular flexibility index (Phi) is 3.57. The Morgan fingerprint density at radius 2 is 2.28 bits per heavy atom. The molecule has 1 heterocycles. The van der Waals surface area contributed by atoms with Crippen LogP contribution >= 0.6 is 15.9 Å². The second-order valence-electron chi connectivity index (χ2n) is 3.45. The normalized spacial score (nSPS) is 11.0. The first-order valence-corrected chi connectivity index (χ1v) is 5.77. The summed E-state index contributed by atoms with van der Waals surface area (Å²) >= 11 is 3.22. The molecule has 0 unspecified atom stereocenters. The molecular weight excluding hydrogens is 303 g/mol. The van der Waals surface area contributed by atoms with Gasteiger partial charge in [-0.05, 0) is 28.1 Å². The van der Waals surface area contributed by atoms with E-state index in [-0.39, 0.29) is 5.69 Å². The Bertz CT molecular complexity index is 622. The van der Waals surface area contributed by atoms with Crippen molar-refractivity contribution < 1.29 is 14.3 Å². The Hall–Kier alpha value is -1.95. The number of benzene rings is 1.